The van der Waals surface area contributed by atoms with E-state index in [-0.39, 0.29) is 11.8 Å². The third-order valence-electron chi connectivity index (χ3n) is 6.90. The zero-order valence-corrected chi connectivity index (χ0v) is 21.0. The first-order valence-corrected chi connectivity index (χ1v) is 12.0. The molecule has 34 heavy (non-hydrogen) atoms. The number of carbonyl (C=O) groups is 2. The number of aliphatic carboxylic acids is 1. The van der Waals surface area contributed by atoms with Gasteiger partial charge in [0.05, 0.1) is 18.1 Å². The van der Waals surface area contributed by atoms with Crippen LogP contribution >= 0.6 is 0 Å². The van der Waals surface area contributed by atoms with Crippen molar-refractivity contribution in [2.75, 3.05) is 13.2 Å². The molecule has 0 bridgehead atoms. The molecule has 0 spiro atoms. The van der Waals surface area contributed by atoms with Crippen LogP contribution in [0.25, 0.3) is 11.1 Å². The Morgan fingerprint density at radius 3 is 2.21 bits per heavy atom. The largest absolute Gasteiger partial charge is 0.479 e. The van der Waals surface area contributed by atoms with E-state index in [0.717, 1.165) is 45.4 Å². The van der Waals surface area contributed by atoms with Crippen molar-refractivity contribution in [1.29, 1.82) is 0 Å². The monoisotopic (exact) mass is 465 g/mol. The van der Waals surface area contributed by atoms with Gasteiger partial charge in [-0.15, -0.1) is 0 Å². The summed E-state index contributed by atoms with van der Waals surface area (Å²) >= 11 is 0. The van der Waals surface area contributed by atoms with Gasteiger partial charge in [0.25, 0.3) is 0 Å². The minimum absolute atomic E-state index is 0.0954. The lowest BCUT2D eigenvalue weighted by Gasteiger charge is -2.29. The van der Waals surface area contributed by atoms with Crippen LogP contribution in [0.5, 0.6) is 0 Å². The molecule has 0 aliphatic carbocycles. The van der Waals surface area contributed by atoms with Gasteiger partial charge in [-0.2, -0.15) is 0 Å². The molecule has 1 saturated heterocycles. The van der Waals surface area contributed by atoms with Crippen LogP contribution in [0, 0.1) is 26.7 Å². The lowest BCUT2D eigenvalue weighted by Crippen LogP contribution is -2.32. The molecule has 0 radical (unpaired) electrons. The molecule has 182 valence electrons. The predicted octanol–water partition coefficient (Wildman–Crippen LogP) is 5.10. The Balaban J connectivity index is 1.88. The molecule has 1 N–H and O–H groups in total. The number of aryl methyl sites for hydroxylation is 1. The summed E-state index contributed by atoms with van der Waals surface area (Å²) in [6.45, 7) is 13.8. The SMILES string of the molecule is Cc1ccc(-c2c(C)c3c(c(C)c2[C@H](OC(C)(C)C)C(=O)O)CN(C(=O)[C@H]2CCOC2)C3)cc1. The fraction of sp³-hybridized carbons (Fsp3) is 0.500. The number of fused-ring (bicyclic) bond motifs is 1. The van der Waals surface area contributed by atoms with E-state index in [0.29, 0.717) is 31.9 Å². The molecule has 0 saturated carbocycles. The van der Waals surface area contributed by atoms with Gasteiger partial charge >= 0.3 is 5.97 Å². The second kappa shape index (κ2) is 9.16. The Bertz CT molecular complexity index is 1110. The van der Waals surface area contributed by atoms with Crippen molar-refractivity contribution in [3.63, 3.8) is 0 Å². The fourth-order valence-corrected chi connectivity index (χ4v) is 5.17. The topological polar surface area (TPSA) is 76.1 Å². The molecular formula is C28H35NO5. The van der Waals surface area contributed by atoms with E-state index in [1.807, 2.05) is 70.7 Å². The molecule has 2 aromatic rings. The normalized spacial score (nSPS) is 18.8. The van der Waals surface area contributed by atoms with Crippen molar-refractivity contribution in [1.82, 2.24) is 4.90 Å². The van der Waals surface area contributed by atoms with Gasteiger partial charge < -0.3 is 19.5 Å². The average Bonchev–Trinajstić information content (AvgIpc) is 3.45. The highest BCUT2D eigenvalue weighted by atomic mass is 16.5. The lowest BCUT2D eigenvalue weighted by molar-refractivity contribution is -0.160. The Kier molecular flexibility index (Phi) is 6.58. The van der Waals surface area contributed by atoms with Crippen molar-refractivity contribution in [3.05, 3.63) is 57.6 Å². The Hall–Kier alpha value is -2.70. The summed E-state index contributed by atoms with van der Waals surface area (Å²) < 4.78 is 11.6. The molecule has 1 fully saturated rings. The fourth-order valence-electron chi connectivity index (χ4n) is 5.17. The van der Waals surface area contributed by atoms with E-state index >= 15 is 0 Å². The van der Waals surface area contributed by atoms with E-state index in [4.69, 9.17) is 9.47 Å². The van der Waals surface area contributed by atoms with E-state index in [1.54, 1.807) is 0 Å². The maximum Gasteiger partial charge on any atom is 0.337 e. The van der Waals surface area contributed by atoms with Crippen LogP contribution in [0.4, 0.5) is 0 Å². The Labute approximate surface area is 201 Å². The zero-order chi connectivity index (χ0) is 24.8. The van der Waals surface area contributed by atoms with Crippen LogP contribution in [0.15, 0.2) is 24.3 Å². The summed E-state index contributed by atoms with van der Waals surface area (Å²) in [5, 5.41) is 10.2. The highest BCUT2D eigenvalue weighted by Gasteiger charge is 2.38. The van der Waals surface area contributed by atoms with Crippen LogP contribution in [0.2, 0.25) is 0 Å². The highest BCUT2D eigenvalue weighted by molar-refractivity contribution is 5.85. The molecule has 4 rings (SSSR count). The number of amides is 1. The standard InChI is InChI=1S/C28H35NO5/c1-16-7-9-19(10-8-16)23-17(2)21-13-29(26(30)20-11-12-33-15-20)14-22(21)18(3)24(23)25(27(31)32)34-28(4,5)6/h7-10,20,25H,11-15H2,1-6H3,(H,31,32)/t20-,25-/m0/s1. The maximum atomic E-state index is 13.2. The van der Waals surface area contributed by atoms with E-state index < -0.39 is 17.7 Å². The molecule has 0 aromatic heterocycles. The first-order chi connectivity index (χ1) is 16.0. The minimum atomic E-state index is -1.12. The third kappa shape index (κ3) is 4.62. The Morgan fingerprint density at radius 1 is 1.06 bits per heavy atom. The van der Waals surface area contributed by atoms with E-state index in [2.05, 4.69) is 0 Å². The average molecular weight is 466 g/mol. The molecule has 2 aliphatic heterocycles. The number of hydrogen-bond acceptors (Lipinski definition) is 4. The molecule has 2 aromatic carbocycles. The van der Waals surface area contributed by atoms with Gasteiger partial charge in [0.2, 0.25) is 5.91 Å². The molecule has 2 atom stereocenters. The van der Waals surface area contributed by atoms with Crippen molar-refractivity contribution >= 4 is 11.9 Å². The van der Waals surface area contributed by atoms with Crippen molar-refractivity contribution in [2.24, 2.45) is 5.92 Å². The van der Waals surface area contributed by atoms with E-state index in [9.17, 15) is 14.7 Å². The first kappa shape index (κ1) is 24.4. The summed E-state index contributed by atoms with van der Waals surface area (Å²) in [4.78, 5) is 27.6. The van der Waals surface area contributed by atoms with Gasteiger partial charge in [0.15, 0.2) is 6.10 Å². The quantitative estimate of drug-likeness (QED) is 0.665. The van der Waals surface area contributed by atoms with Gasteiger partial charge in [-0.25, -0.2) is 4.79 Å². The maximum absolute atomic E-state index is 13.2. The third-order valence-corrected chi connectivity index (χ3v) is 6.90. The number of carbonyl (C=O) groups excluding carboxylic acids is 1. The van der Waals surface area contributed by atoms with Crippen LogP contribution in [0.3, 0.4) is 0 Å². The molecule has 0 unspecified atom stereocenters. The molecule has 6 nitrogen and oxygen atoms in total. The second-order valence-corrected chi connectivity index (χ2v) is 10.6. The Morgan fingerprint density at radius 2 is 1.68 bits per heavy atom. The van der Waals surface area contributed by atoms with Crippen LogP contribution < -0.4 is 0 Å². The van der Waals surface area contributed by atoms with Gasteiger partial charge in [-0.1, -0.05) is 29.8 Å². The summed E-state index contributed by atoms with van der Waals surface area (Å²) in [5.74, 6) is -0.992. The molecule has 2 aliphatic rings. The summed E-state index contributed by atoms with van der Waals surface area (Å²) in [7, 11) is 0. The second-order valence-electron chi connectivity index (χ2n) is 10.6. The van der Waals surface area contributed by atoms with Gasteiger partial charge in [-0.3, -0.25) is 4.79 Å². The summed E-state index contributed by atoms with van der Waals surface area (Å²) in [5.41, 5.74) is 7.10. The van der Waals surface area contributed by atoms with Crippen LogP contribution in [0.1, 0.15) is 66.7 Å². The summed E-state index contributed by atoms with van der Waals surface area (Å²) in [6.07, 6.45) is -0.363. The predicted molar refractivity (Wildman–Crippen MR) is 130 cm³/mol. The number of nitrogens with zero attached hydrogens (tertiary/aromatic N) is 1. The molecule has 6 heteroatoms. The summed E-state index contributed by atoms with van der Waals surface area (Å²) in [6, 6.07) is 8.16. The number of carboxylic acid groups (broad SMARTS) is 1. The van der Waals surface area contributed by atoms with Crippen LogP contribution in [-0.2, 0) is 32.2 Å². The number of rotatable bonds is 5. The number of carboxylic acids is 1. The number of benzene rings is 2. The van der Waals surface area contributed by atoms with Crippen molar-refractivity contribution in [3.8, 4) is 11.1 Å². The highest BCUT2D eigenvalue weighted by Crippen LogP contribution is 2.44. The number of ether oxygens (including phenoxy) is 2. The van der Waals surface area contributed by atoms with E-state index in [1.165, 1.54) is 0 Å². The smallest absolute Gasteiger partial charge is 0.337 e. The molecule has 1 amide bonds. The molecular weight excluding hydrogens is 430 g/mol. The van der Waals surface area contributed by atoms with Crippen molar-refractivity contribution < 1.29 is 24.2 Å². The molecule has 2 heterocycles. The minimum Gasteiger partial charge on any atom is -0.479 e. The van der Waals surface area contributed by atoms with Gasteiger partial charge in [0.1, 0.15) is 0 Å². The number of hydrogen-bond donors (Lipinski definition) is 1. The van der Waals surface area contributed by atoms with Gasteiger partial charge in [0, 0.05) is 25.3 Å². The van der Waals surface area contributed by atoms with Crippen molar-refractivity contribution in [2.45, 2.75) is 72.8 Å². The lowest BCUT2D eigenvalue weighted by atomic mass is 9.83. The van der Waals surface area contributed by atoms with Crippen LogP contribution in [-0.4, -0.2) is 40.7 Å². The first-order valence-electron chi connectivity index (χ1n) is 12.0. The zero-order valence-electron chi connectivity index (χ0n) is 21.0. The van der Waals surface area contributed by atoms with Gasteiger partial charge in [-0.05, 0) is 81.3 Å².